The first-order valence-electron chi connectivity index (χ1n) is 24.0. The van der Waals surface area contributed by atoms with Crippen molar-refractivity contribution < 1.29 is 56.2 Å². The predicted molar refractivity (Wildman–Crippen MR) is 257 cm³/mol. The Morgan fingerprint density at radius 3 is 1.50 bits per heavy atom. The van der Waals surface area contributed by atoms with Crippen LogP contribution in [0.5, 0.6) is 0 Å². The molecule has 4 N–H and O–H groups in total. The summed E-state index contributed by atoms with van der Waals surface area (Å²) >= 11 is 0. The molecule has 1 aliphatic heterocycles. The zero-order chi connectivity index (χ0) is 46.8. The Balaban J connectivity index is 2.38. The first kappa shape index (κ1) is 59.0. The second-order valence-corrected chi connectivity index (χ2v) is 17.0. The number of aliphatic hydroxyl groups excluding tert-OH is 3. The zero-order valence-electron chi connectivity index (χ0n) is 39.0. The lowest BCUT2D eigenvalue weighted by Crippen LogP contribution is -2.60. The van der Waals surface area contributed by atoms with E-state index in [0.29, 0.717) is 13.0 Å². The van der Waals surface area contributed by atoms with Gasteiger partial charge in [-0.05, 0) is 77.0 Å². The summed E-state index contributed by atoms with van der Waals surface area (Å²) in [6.45, 7) is 3.64. The molecule has 12 nitrogen and oxygen atoms in total. The van der Waals surface area contributed by atoms with E-state index >= 15 is 0 Å². The Hall–Kier alpha value is -2.98. The Morgan fingerprint density at radius 2 is 1.03 bits per heavy atom. The largest absolute Gasteiger partial charge is 0.457 e. The Kier molecular flexibility index (Phi) is 38.2. The fraction of sp³-hybridized carbons (Fsp3) is 0.667. The van der Waals surface area contributed by atoms with Crippen LogP contribution in [0.1, 0.15) is 155 Å². The van der Waals surface area contributed by atoms with Gasteiger partial charge in [-0.25, -0.2) is 4.18 Å². The molecule has 1 aliphatic rings. The van der Waals surface area contributed by atoms with Crippen LogP contribution in [0, 0.1) is 0 Å². The van der Waals surface area contributed by atoms with Gasteiger partial charge in [-0.3, -0.25) is 9.35 Å². The molecule has 0 amide bonds. The molecule has 6 unspecified atom stereocenters. The SMILES string of the molecule is CC/C=C\C/C=C\C/C=C\C/C=C\CCCCCCCCCCCCCOCC(COC1OC(CO)C(O)C(OS(=O)(=O)O)C1O)OC(=O)CC/C=C\C/C=C\C/C=C\C/C=C\CC. The van der Waals surface area contributed by atoms with E-state index in [2.05, 4.69) is 103 Å². The summed E-state index contributed by atoms with van der Waals surface area (Å²) in [5, 5.41) is 30.7. The number of hydrogen-bond acceptors (Lipinski definition) is 11. The summed E-state index contributed by atoms with van der Waals surface area (Å²) in [5.41, 5.74) is 0. The van der Waals surface area contributed by atoms with Crippen LogP contribution in [0.4, 0.5) is 0 Å². The molecule has 1 fully saturated rings. The van der Waals surface area contributed by atoms with E-state index in [9.17, 15) is 28.5 Å². The van der Waals surface area contributed by atoms with Gasteiger partial charge < -0.3 is 34.3 Å². The molecule has 13 heteroatoms. The molecule has 0 aliphatic carbocycles. The lowest BCUT2D eigenvalue weighted by atomic mass is 9.99. The van der Waals surface area contributed by atoms with Crippen molar-refractivity contribution in [2.75, 3.05) is 26.4 Å². The van der Waals surface area contributed by atoms with Crippen LogP contribution >= 0.6 is 0 Å². The summed E-state index contributed by atoms with van der Waals surface area (Å²) in [6.07, 6.45) is 47.5. The van der Waals surface area contributed by atoms with E-state index in [4.69, 9.17) is 23.5 Å². The minimum Gasteiger partial charge on any atom is -0.457 e. The van der Waals surface area contributed by atoms with Gasteiger partial charge in [0.15, 0.2) is 6.29 Å². The van der Waals surface area contributed by atoms with Gasteiger partial charge in [0, 0.05) is 13.0 Å². The molecule has 0 spiro atoms. The van der Waals surface area contributed by atoms with Gasteiger partial charge in [-0.1, -0.05) is 169 Å². The van der Waals surface area contributed by atoms with Crippen molar-refractivity contribution in [3.63, 3.8) is 0 Å². The highest BCUT2D eigenvalue weighted by atomic mass is 32.3. The highest BCUT2D eigenvalue weighted by Gasteiger charge is 2.48. The Bertz CT molecular complexity index is 1480. The third-order valence-electron chi connectivity index (χ3n) is 10.2. The molecule has 0 aromatic carbocycles. The molecule has 0 radical (unpaired) electrons. The summed E-state index contributed by atoms with van der Waals surface area (Å²) in [5.74, 6) is -0.483. The lowest BCUT2D eigenvalue weighted by Gasteiger charge is -2.41. The molecule has 6 atom stereocenters. The highest BCUT2D eigenvalue weighted by molar-refractivity contribution is 7.80. The van der Waals surface area contributed by atoms with E-state index < -0.39 is 59.8 Å². The normalized spacial score (nSPS) is 20.6. The quantitative estimate of drug-likeness (QED) is 0.0198. The summed E-state index contributed by atoms with van der Waals surface area (Å²) in [4.78, 5) is 12.8. The third-order valence-corrected chi connectivity index (χ3v) is 10.7. The van der Waals surface area contributed by atoms with Crippen LogP contribution in [0.2, 0.25) is 0 Å². The number of esters is 1. The summed E-state index contributed by atoms with van der Waals surface area (Å²) in [6, 6.07) is 0. The number of rotatable bonds is 40. The molecule has 0 saturated carbocycles. The monoisotopic (exact) mass is 921 g/mol. The van der Waals surface area contributed by atoms with Gasteiger partial charge in [-0.2, -0.15) is 8.42 Å². The number of allylic oxidation sites excluding steroid dienone is 16. The average molecular weight is 921 g/mol. The lowest BCUT2D eigenvalue weighted by molar-refractivity contribution is -0.301. The number of unbranched alkanes of at least 4 members (excludes halogenated alkanes) is 11. The Morgan fingerprint density at radius 1 is 0.594 bits per heavy atom. The van der Waals surface area contributed by atoms with Gasteiger partial charge in [0.05, 0.1) is 19.8 Å². The second kappa shape index (κ2) is 41.5. The van der Waals surface area contributed by atoms with E-state index in [1.54, 1.807) is 0 Å². The number of carbonyl (C=O) groups excluding carboxylic acids is 1. The molecule has 1 heterocycles. The van der Waals surface area contributed by atoms with Crippen LogP contribution in [-0.4, -0.2) is 97.5 Å². The molecule has 1 saturated heterocycles. The maximum Gasteiger partial charge on any atom is 0.397 e. The van der Waals surface area contributed by atoms with Gasteiger partial charge in [0.25, 0.3) is 0 Å². The van der Waals surface area contributed by atoms with E-state index in [1.165, 1.54) is 51.4 Å². The van der Waals surface area contributed by atoms with E-state index in [1.807, 2.05) is 12.2 Å². The van der Waals surface area contributed by atoms with Gasteiger partial charge in [0.1, 0.15) is 30.5 Å². The molecule has 64 heavy (non-hydrogen) atoms. The van der Waals surface area contributed by atoms with E-state index in [-0.39, 0.29) is 19.6 Å². The third kappa shape index (κ3) is 34.4. The average Bonchev–Trinajstić information content (AvgIpc) is 3.27. The fourth-order valence-corrected chi connectivity index (χ4v) is 7.18. The summed E-state index contributed by atoms with van der Waals surface area (Å²) < 4.78 is 59.0. The minimum absolute atomic E-state index is 0.00102. The van der Waals surface area contributed by atoms with Crippen molar-refractivity contribution in [1.82, 2.24) is 0 Å². The number of carbonyl (C=O) groups is 1. The van der Waals surface area contributed by atoms with Crippen LogP contribution < -0.4 is 0 Å². The van der Waals surface area contributed by atoms with Crippen molar-refractivity contribution in [2.24, 2.45) is 0 Å². The fourth-order valence-electron chi connectivity index (χ4n) is 6.68. The topological polar surface area (TPSA) is 178 Å². The molecule has 0 aromatic heterocycles. The standard InChI is InChI=1S/C51H84O12S/c1-3-5-7-9-11-13-15-17-18-19-20-21-22-23-24-25-26-27-29-31-33-35-37-39-41-59-43-45(44-60-51-49(55)50(63-64(56,57)58)48(54)46(42-52)62-51)61-47(53)40-38-36-34-32-30-28-16-14-12-10-8-6-4-2/h5-8,11-14,17-18,20-21,28,30,34,36,45-46,48-52,54-55H,3-4,9-10,15-16,19,22-27,29,31-33,35,37-44H2,1-2H3,(H,56,57,58)/b7-5-,8-6-,13-11-,14-12-,18-17-,21-20-,30-28-,36-34-. The van der Waals surface area contributed by atoms with Crippen LogP contribution in [-0.2, 0) is 38.3 Å². The van der Waals surface area contributed by atoms with Crippen LogP contribution in [0.15, 0.2) is 97.2 Å². The summed E-state index contributed by atoms with van der Waals surface area (Å²) in [7, 11) is -5.08. The molecular weight excluding hydrogens is 837 g/mol. The number of ether oxygens (including phenoxy) is 4. The van der Waals surface area contributed by atoms with Gasteiger partial charge >= 0.3 is 16.4 Å². The Labute approximate surface area is 386 Å². The second-order valence-electron chi connectivity index (χ2n) is 15.9. The molecular formula is C51H84O12S. The van der Waals surface area contributed by atoms with Crippen molar-refractivity contribution in [2.45, 2.75) is 192 Å². The van der Waals surface area contributed by atoms with E-state index in [0.717, 1.165) is 77.0 Å². The zero-order valence-corrected chi connectivity index (χ0v) is 39.9. The maximum atomic E-state index is 12.8. The van der Waals surface area contributed by atoms with Gasteiger partial charge in [-0.15, -0.1) is 0 Å². The van der Waals surface area contributed by atoms with Crippen molar-refractivity contribution >= 4 is 16.4 Å². The van der Waals surface area contributed by atoms with Crippen LogP contribution in [0.3, 0.4) is 0 Å². The smallest absolute Gasteiger partial charge is 0.397 e. The van der Waals surface area contributed by atoms with Gasteiger partial charge in [0.2, 0.25) is 0 Å². The van der Waals surface area contributed by atoms with Crippen molar-refractivity contribution in [3.8, 4) is 0 Å². The molecule has 366 valence electrons. The first-order chi connectivity index (χ1) is 31.1. The first-order valence-corrected chi connectivity index (χ1v) is 25.4. The van der Waals surface area contributed by atoms with Crippen molar-refractivity contribution in [3.05, 3.63) is 97.2 Å². The molecule has 0 bridgehead atoms. The molecule has 0 aromatic rings. The minimum atomic E-state index is -5.08. The highest BCUT2D eigenvalue weighted by Crippen LogP contribution is 2.26. The number of hydrogen-bond donors (Lipinski definition) is 4. The predicted octanol–water partition coefficient (Wildman–Crippen LogP) is 10.6. The maximum absolute atomic E-state index is 12.8. The molecule has 1 rings (SSSR count). The number of aliphatic hydroxyl groups is 3. The van der Waals surface area contributed by atoms with Crippen molar-refractivity contribution in [1.29, 1.82) is 0 Å². The van der Waals surface area contributed by atoms with Crippen LogP contribution in [0.25, 0.3) is 0 Å².